The summed E-state index contributed by atoms with van der Waals surface area (Å²) in [7, 11) is 1.83. The van der Waals surface area contributed by atoms with E-state index in [0.717, 1.165) is 5.69 Å². The Labute approximate surface area is 117 Å². The van der Waals surface area contributed by atoms with Crippen LogP contribution in [0.5, 0.6) is 0 Å². The van der Waals surface area contributed by atoms with E-state index in [1.54, 1.807) is 6.07 Å². The summed E-state index contributed by atoms with van der Waals surface area (Å²) in [6.07, 6.45) is 1.18. The number of carboxylic acids is 1. The zero-order valence-corrected chi connectivity index (χ0v) is 11.5. The molecule has 0 saturated carbocycles. The third kappa shape index (κ3) is 3.20. The summed E-state index contributed by atoms with van der Waals surface area (Å²) in [5.41, 5.74) is 6.38. The van der Waals surface area contributed by atoms with E-state index < -0.39 is 11.6 Å². The zero-order chi connectivity index (χ0) is 14.8. The van der Waals surface area contributed by atoms with E-state index in [-0.39, 0.29) is 5.56 Å². The molecule has 1 aromatic carbocycles. The van der Waals surface area contributed by atoms with E-state index in [0.29, 0.717) is 38.3 Å². The zero-order valence-electron chi connectivity index (χ0n) is 11.5. The normalized spacial score (nSPS) is 17.7. The molecular weight excluding hydrogens is 260 g/mol. The number of carboxylic acid groups (broad SMARTS) is 1. The standard InChI is InChI=1S/C14H20N2O4/c1-16(9-14(19)4-6-20-7-5-14)12-3-2-10(13(17)18)8-11(12)15/h2-3,8,19H,4-7,9,15H2,1H3,(H,17,18). The van der Waals surface area contributed by atoms with Crippen LogP contribution in [-0.2, 0) is 4.74 Å². The van der Waals surface area contributed by atoms with Gasteiger partial charge >= 0.3 is 5.97 Å². The van der Waals surface area contributed by atoms with Crippen molar-refractivity contribution in [2.45, 2.75) is 18.4 Å². The average molecular weight is 280 g/mol. The summed E-state index contributed by atoms with van der Waals surface area (Å²) in [4.78, 5) is 12.7. The van der Waals surface area contributed by atoms with Crippen LogP contribution in [-0.4, -0.2) is 48.6 Å². The van der Waals surface area contributed by atoms with Gasteiger partial charge in [0, 0.05) is 39.6 Å². The topological polar surface area (TPSA) is 96.0 Å². The number of aromatic carboxylic acids is 1. The second-order valence-electron chi connectivity index (χ2n) is 5.27. The van der Waals surface area contributed by atoms with Crippen LogP contribution in [0.2, 0.25) is 0 Å². The maximum atomic E-state index is 10.9. The van der Waals surface area contributed by atoms with Crippen molar-refractivity contribution in [2.75, 3.05) is 37.4 Å². The van der Waals surface area contributed by atoms with Crippen molar-refractivity contribution in [2.24, 2.45) is 0 Å². The minimum Gasteiger partial charge on any atom is -0.478 e. The lowest BCUT2D eigenvalue weighted by molar-refractivity contribution is -0.0572. The Balaban J connectivity index is 2.12. The SMILES string of the molecule is CN(CC1(O)CCOCC1)c1ccc(C(=O)O)cc1N. The van der Waals surface area contributed by atoms with Gasteiger partial charge in [-0.15, -0.1) is 0 Å². The molecular formula is C14H20N2O4. The molecule has 0 radical (unpaired) electrons. The molecule has 20 heavy (non-hydrogen) atoms. The molecule has 0 unspecified atom stereocenters. The number of likely N-dealkylation sites (N-methyl/N-ethyl adjacent to an activating group) is 1. The van der Waals surface area contributed by atoms with Crippen molar-refractivity contribution < 1.29 is 19.7 Å². The van der Waals surface area contributed by atoms with Gasteiger partial charge in [-0.25, -0.2) is 4.79 Å². The van der Waals surface area contributed by atoms with Gasteiger partial charge < -0.3 is 25.6 Å². The highest BCUT2D eigenvalue weighted by atomic mass is 16.5. The minimum absolute atomic E-state index is 0.157. The van der Waals surface area contributed by atoms with Gasteiger partial charge in [-0.1, -0.05) is 0 Å². The van der Waals surface area contributed by atoms with Crippen LogP contribution in [0.3, 0.4) is 0 Å². The number of benzene rings is 1. The lowest BCUT2D eigenvalue weighted by Crippen LogP contribution is -2.45. The number of anilines is 2. The molecule has 0 atom stereocenters. The molecule has 0 aromatic heterocycles. The number of nitrogens with zero attached hydrogens (tertiary/aromatic N) is 1. The van der Waals surface area contributed by atoms with Crippen LogP contribution in [0.15, 0.2) is 18.2 Å². The molecule has 1 aliphatic heterocycles. The molecule has 1 saturated heterocycles. The minimum atomic E-state index is -1.01. The molecule has 2 rings (SSSR count). The fraction of sp³-hybridized carbons (Fsp3) is 0.500. The Morgan fingerprint density at radius 3 is 2.65 bits per heavy atom. The van der Waals surface area contributed by atoms with Gasteiger partial charge in [0.2, 0.25) is 0 Å². The molecule has 6 nitrogen and oxygen atoms in total. The van der Waals surface area contributed by atoms with Gasteiger partial charge in [-0.3, -0.25) is 0 Å². The number of carbonyl (C=O) groups is 1. The van der Waals surface area contributed by atoms with Crippen molar-refractivity contribution in [3.05, 3.63) is 23.8 Å². The maximum Gasteiger partial charge on any atom is 0.335 e. The molecule has 0 aliphatic carbocycles. The Bertz CT molecular complexity index is 498. The monoisotopic (exact) mass is 280 g/mol. The predicted molar refractivity (Wildman–Crippen MR) is 76.1 cm³/mol. The summed E-state index contributed by atoms with van der Waals surface area (Å²) in [6, 6.07) is 4.61. The molecule has 110 valence electrons. The van der Waals surface area contributed by atoms with Crippen LogP contribution < -0.4 is 10.6 Å². The average Bonchev–Trinajstić information content (AvgIpc) is 2.38. The van der Waals surface area contributed by atoms with Gasteiger partial charge in [-0.2, -0.15) is 0 Å². The van der Waals surface area contributed by atoms with Crippen LogP contribution in [0, 0.1) is 0 Å². The van der Waals surface area contributed by atoms with E-state index in [2.05, 4.69) is 0 Å². The first kappa shape index (κ1) is 14.6. The summed E-state index contributed by atoms with van der Waals surface area (Å²) in [6.45, 7) is 1.54. The highest BCUT2D eigenvalue weighted by Crippen LogP contribution is 2.28. The first-order chi connectivity index (χ1) is 9.41. The molecule has 0 spiro atoms. The number of nitrogen functional groups attached to an aromatic ring is 1. The van der Waals surface area contributed by atoms with Crippen LogP contribution in [0.25, 0.3) is 0 Å². The number of rotatable bonds is 4. The molecule has 0 amide bonds. The molecule has 1 heterocycles. The third-order valence-corrected chi connectivity index (χ3v) is 3.64. The molecule has 1 aromatic rings. The maximum absolute atomic E-state index is 10.9. The van der Waals surface area contributed by atoms with Crippen molar-refractivity contribution >= 4 is 17.3 Å². The number of hydrogen-bond donors (Lipinski definition) is 3. The van der Waals surface area contributed by atoms with Crippen LogP contribution in [0.4, 0.5) is 11.4 Å². The molecule has 1 aliphatic rings. The summed E-state index contributed by atoms with van der Waals surface area (Å²) < 4.78 is 5.25. The van der Waals surface area contributed by atoms with Gasteiger partial charge in [-0.05, 0) is 18.2 Å². The largest absolute Gasteiger partial charge is 0.478 e. The second-order valence-corrected chi connectivity index (χ2v) is 5.27. The first-order valence-electron chi connectivity index (χ1n) is 6.55. The lowest BCUT2D eigenvalue weighted by atomic mass is 9.93. The number of hydrogen-bond acceptors (Lipinski definition) is 5. The van der Waals surface area contributed by atoms with Gasteiger partial charge in [0.05, 0.1) is 22.5 Å². The molecule has 4 N–H and O–H groups in total. The van der Waals surface area contributed by atoms with Gasteiger partial charge in [0.1, 0.15) is 0 Å². The van der Waals surface area contributed by atoms with E-state index in [1.165, 1.54) is 12.1 Å². The number of ether oxygens (including phenoxy) is 1. The summed E-state index contributed by atoms with van der Waals surface area (Å²) in [5, 5.41) is 19.4. The Morgan fingerprint density at radius 2 is 2.10 bits per heavy atom. The fourth-order valence-electron chi connectivity index (χ4n) is 2.47. The van der Waals surface area contributed by atoms with Crippen LogP contribution >= 0.6 is 0 Å². The second kappa shape index (κ2) is 5.68. The first-order valence-corrected chi connectivity index (χ1v) is 6.55. The van der Waals surface area contributed by atoms with Crippen LogP contribution in [0.1, 0.15) is 23.2 Å². The summed E-state index contributed by atoms with van der Waals surface area (Å²) >= 11 is 0. The smallest absolute Gasteiger partial charge is 0.335 e. The quantitative estimate of drug-likeness (QED) is 0.710. The predicted octanol–water partition coefficient (Wildman–Crippen LogP) is 0.945. The highest BCUT2D eigenvalue weighted by Gasteiger charge is 2.31. The number of nitrogens with two attached hydrogens (primary N) is 1. The molecule has 0 bridgehead atoms. The van der Waals surface area contributed by atoms with E-state index >= 15 is 0 Å². The van der Waals surface area contributed by atoms with Crippen molar-refractivity contribution in [3.63, 3.8) is 0 Å². The van der Waals surface area contributed by atoms with E-state index in [9.17, 15) is 9.90 Å². The van der Waals surface area contributed by atoms with E-state index in [4.69, 9.17) is 15.6 Å². The lowest BCUT2D eigenvalue weighted by Gasteiger charge is -2.36. The molecule has 1 fully saturated rings. The van der Waals surface area contributed by atoms with Crippen molar-refractivity contribution in [3.8, 4) is 0 Å². The third-order valence-electron chi connectivity index (χ3n) is 3.64. The Morgan fingerprint density at radius 1 is 1.45 bits per heavy atom. The van der Waals surface area contributed by atoms with E-state index in [1.807, 2.05) is 11.9 Å². The highest BCUT2D eigenvalue weighted by molar-refractivity contribution is 5.90. The van der Waals surface area contributed by atoms with Crippen molar-refractivity contribution in [1.29, 1.82) is 0 Å². The van der Waals surface area contributed by atoms with Gasteiger partial charge in [0.15, 0.2) is 0 Å². The van der Waals surface area contributed by atoms with Crippen molar-refractivity contribution in [1.82, 2.24) is 0 Å². The van der Waals surface area contributed by atoms with Gasteiger partial charge in [0.25, 0.3) is 0 Å². The molecule has 6 heteroatoms. The summed E-state index contributed by atoms with van der Waals surface area (Å²) in [5.74, 6) is -1.01. The fourth-order valence-corrected chi connectivity index (χ4v) is 2.47. The Hall–Kier alpha value is -1.79. The number of aliphatic hydroxyl groups is 1. The Kier molecular flexibility index (Phi) is 4.15.